The molecule has 1 aromatic heterocycles. The molecule has 1 saturated heterocycles. The first kappa shape index (κ1) is 22.7. The second kappa shape index (κ2) is 9.30. The van der Waals surface area contributed by atoms with Gasteiger partial charge in [0.15, 0.2) is 0 Å². The van der Waals surface area contributed by atoms with Gasteiger partial charge < -0.3 is 19.9 Å². The number of anilines is 3. The molecule has 5 rings (SSSR count). The van der Waals surface area contributed by atoms with Gasteiger partial charge in [0.05, 0.1) is 29.5 Å². The molecular formula is C24H28N6O3S. The Labute approximate surface area is 199 Å². The lowest BCUT2D eigenvalue weighted by molar-refractivity contribution is 0.133. The van der Waals surface area contributed by atoms with E-state index in [0.29, 0.717) is 25.6 Å². The molecular weight excluding hydrogens is 452 g/mol. The number of fused-ring (bicyclic) bond motifs is 1. The van der Waals surface area contributed by atoms with Crippen molar-refractivity contribution in [2.24, 2.45) is 5.14 Å². The number of piperazine rings is 1. The minimum Gasteiger partial charge on any atom is -0.370 e. The third-order valence-electron chi connectivity index (χ3n) is 6.25. The fourth-order valence-corrected chi connectivity index (χ4v) is 4.88. The summed E-state index contributed by atoms with van der Waals surface area (Å²) in [5, 5.41) is 8.61. The Morgan fingerprint density at radius 3 is 2.53 bits per heavy atom. The summed E-state index contributed by atoms with van der Waals surface area (Å²) in [5.41, 5.74) is 5.53. The molecule has 0 bridgehead atoms. The van der Waals surface area contributed by atoms with Crippen LogP contribution < -0.4 is 15.4 Å². The van der Waals surface area contributed by atoms with E-state index in [4.69, 9.17) is 14.9 Å². The van der Waals surface area contributed by atoms with Gasteiger partial charge in [-0.2, -0.15) is 0 Å². The van der Waals surface area contributed by atoms with Gasteiger partial charge in [-0.1, -0.05) is 12.1 Å². The molecule has 0 amide bonds. The minimum atomic E-state index is -3.77. The van der Waals surface area contributed by atoms with E-state index in [-0.39, 0.29) is 4.90 Å². The zero-order chi connectivity index (χ0) is 23.7. The Morgan fingerprint density at radius 2 is 1.79 bits per heavy atom. The lowest BCUT2D eigenvalue weighted by atomic mass is 10.1. The van der Waals surface area contributed by atoms with E-state index >= 15 is 0 Å². The number of rotatable bonds is 6. The number of likely N-dealkylation sites (N-methyl/N-ethyl adjacent to an activating group) is 1. The number of nitrogens with two attached hydrogens (primary N) is 1. The molecule has 3 aromatic rings. The summed E-state index contributed by atoms with van der Waals surface area (Å²) in [4.78, 5) is 14.2. The third kappa shape index (κ3) is 5.05. The number of sulfonamides is 1. The predicted octanol–water partition coefficient (Wildman–Crippen LogP) is 2.24. The summed E-state index contributed by atoms with van der Waals surface area (Å²) in [7, 11) is -1.62. The molecule has 0 aliphatic carbocycles. The van der Waals surface area contributed by atoms with Gasteiger partial charge in [-0.25, -0.2) is 23.5 Å². The summed E-state index contributed by atoms with van der Waals surface area (Å²) in [6.07, 6.45) is 0.453. The van der Waals surface area contributed by atoms with Gasteiger partial charge in [0, 0.05) is 49.5 Å². The van der Waals surface area contributed by atoms with Crippen molar-refractivity contribution >= 4 is 27.3 Å². The SMILES string of the molecule is CN1CCN(c2ccc(Nc3nc4c(c(Cc5cccc(S(N)(=O)=O)c5)n3)COC4)cc2)CC1. The first-order chi connectivity index (χ1) is 16.3. The van der Waals surface area contributed by atoms with E-state index < -0.39 is 10.0 Å². The van der Waals surface area contributed by atoms with E-state index in [2.05, 4.69) is 39.3 Å². The van der Waals surface area contributed by atoms with Crippen molar-refractivity contribution in [3.05, 3.63) is 71.0 Å². The minimum absolute atomic E-state index is 0.0886. The van der Waals surface area contributed by atoms with Crippen LogP contribution in [0.15, 0.2) is 53.4 Å². The standard InChI is InChI=1S/C24H28N6O3S/c1-29-9-11-30(12-10-29)19-7-5-18(6-8-19)26-24-27-22(21-15-33-16-23(21)28-24)14-17-3-2-4-20(13-17)34(25,31)32/h2-8,13H,9-12,14-16H2,1H3,(H2,25,31,32)(H,26,27,28). The van der Waals surface area contributed by atoms with Gasteiger partial charge in [0.25, 0.3) is 0 Å². The number of hydrogen-bond donors (Lipinski definition) is 2. The quantitative estimate of drug-likeness (QED) is 0.552. The maximum absolute atomic E-state index is 11.7. The zero-order valence-corrected chi connectivity index (χ0v) is 19.9. The van der Waals surface area contributed by atoms with Crippen LogP contribution in [0.2, 0.25) is 0 Å². The Morgan fingerprint density at radius 1 is 1.03 bits per heavy atom. The van der Waals surface area contributed by atoms with Crippen LogP contribution in [0.1, 0.15) is 22.5 Å². The molecule has 178 valence electrons. The van der Waals surface area contributed by atoms with Crippen molar-refractivity contribution in [2.45, 2.75) is 24.5 Å². The number of nitrogens with zero attached hydrogens (tertiary/aromatic N) is 4. The van der Waals surface area contributed by atoms with Gasteiger partial charge >= 0.3 is 0 Å². The predicted molar refractivity (Wildman–Crippen MR) is 131 cm³/mol. The van der Waals surface area contributed by atoms with Crippen LogP contribution in [-0.4, -0.2) is 56.5 Å². The molecule has 0 radical (unpaired) electrons. The second-order valence-corrected chi connectivity index (χ2v) is 10.3. The molecule has 9 nitrogen and oxygen atoms in total. The van der Waals surface area contributed by atoms with Crippen LogP contribution in [0.4, 0.5) is 17.3 Å². The number of primary sulfonamides is 1. The van der Waals surface area contributed by atoms with Crippen LogP contribution in [0, 0.1) is 0 Å². The number of ether oxygens (including phenoxy) is 1. The van der Waals surface area contributed by atoms with Gasteiger partial charge in [-0.3, -0.25) is 0 Å². The third-order valence-corrected chi connectivity index (χ3v) is 7.17. The summed E-state index contributed by atoms with van der Waals surface area (Å²) in [5.74, 6) is 0.495. The highest BCUT2D eigenvalue weighted by atomic mass is 32.2. The number of hydrogen-bond acceptors (Lipinski definition) is 8. The van der Waals surface area contributed by atoms with Gasteiger partial charge in [0.1, 0.15) is 0 Å². The lowest BCUT2D eigenvalue weighted by Crippen LogP contribution is -2.44. The molecule has 2 aliphatic rings. The largest absolute Gasteiger partial charge is 0.370 e. The lowest BCUT2D eigenvalue weighted by Gasteiger charge is -2.34. The highest BCUT2D eigenvalue weighted by molar-refractivity contribution is 7.89. The molecule has 0 atom stereocenters. The fourth-order valence-electron chi connectivity index (χ4n) is 4.30. The van der Waals surface area contributed by atoms with Crippen LogP contribution >= 0.6 is 0 Å². The van der Waals surface area contributed by atoms with E-state index in [1.54, 1.807) is 12.1 Å². The average Bonchev–Trinajstić information content (AvgIpc) is 3.29. The Bertz CT molecular complexity index is 1290. The number of nitrogens with one attached hydrogen (secondary N) is 1. The molecule has 1 fully saturated rings. The topological polar surface area (TPSA) is 114 Å². The highest BCUT2D eigenvalue weighted by Crippen LogP contribution is 2.27. The van der Waals surface area contributed by atoms with E-state index in [1.807, 2.05) is 18.2 Å². The maximum atomic E-state index is 11.7. The molecule has 34 heavy (non-hydrogen) atoms. The average molecular weight is 481 g/mol. The number of benzene rings is 2. The molecule has 3 N–H and O–H groups in total. The van der Waals surface area contributed by atoms with E-state index in [9.17, 15) is 8.42 Å². The summed E-state index contributed by atoms with van der Waals surface area (Å²) < 4.78 is 29.1. The second-order valence-electron chi connectivity index (χ2n) is 8.74. The van der Waals surface area contributed by atoms with E-state index in [1.165, 1.54) is 11.8 Å². The normalized spacial score (nSPS) is 16.5. The molecule has 0 unspecified atom stereocenters. The van der Waals surface area contributed by atoms with E-state index in [0.717, 1.165) is 54.4 Å². The summed E-state index contributed by atoms with van der Waals surface area (Å²) in [6, 6.07) is 14.9. The molecule has 0 saturated carbocycles. The molecule has 2 aromatic carbocycles. The Kier molecular flexibility index (Phi) is 6.22. The molecule has 0 spiro atoms. The summed E-state index contributed by atoms with van der Waals surface area (Å²) in [6.45, 7) is 5.04. The first-order valence-electron chi connectivity index (χ1n) is 11.2. The van der Waals surface area contributed by atoms with Crippen molar-refractivity contribution in [1.29, 1.82) is 0 Å². The maximum Gasteiger partial charge on any atom is 0.238 e. The van der Waals surface area contributed by atoms with Crippen molar-refractivity contribution in [3.63, 3.8) is 0 Å². The summed E-state index contributed by atoms with van der Waals surface area (Å²) >= 11 is 0. The molecule has 3 heterocycles. The van der Waals surface area contributed by atoms with Crippen molar-refractivity contribution < 1.29 is 13.2 Å². The molecule has 10 heteroatoms. The zero-order valence-electron chi connectivity index (χ0n) is 19.1. The van der Waals surface area contributed by atoms with Crippen molar-refractivity contribution in [3.8, 4) is 0 Å². The van der Waals surface area contributed by atoms with Crippen molar-refractivity contribution in [1.82, 2.24) is 14.9 Å². The van der Waals surface area contributed by atoms with Crippen LogP contribution in [0.5, 0.6) is 0 Å². The monoisotopic (exact) mass is 480 g/mol. The molecule has 2 aliphatic heterocycles. The fraction of sp³-hybridized carbons (Fsp3) is 0.333. The van der Waals surface area contributed by atoms with Crippen LogP contribution in [0.3, 0.4) is 0 Å². The van der Waals surface area contributed by atoms with Crippen LogP contribution in [0.25, 0.3) is 0 Å². The number of aromatic nitrogens is 2. The Balaban J connectivity index is 1.36. The highest BCUT2D eigenvalue weighted by Gasteiger charge is 2.21. The van der Waals surface area contributed by atoms with Crippen molar-refractivity contribution in [2.75, 3.05) is 43.4 Å². The smallest absolute Gasteiger partial charge is 0.238 e. The Hall–Kier alpha value is -3.05. The van der Waals surface area contributed by atoms with Gasteiger partial charge in [-0.15, -0.1) is 0 Å². The van der Waals surface area contributed by atoms with Gasteiger partial charge in [-0.05, 0) is 49.0 Å². The van der Waals surface area contributed by atoms with Gasteiger partial charge in [0.2, 0.25) is 16.0 Å². The van der Waals surface area contributed by atoms with Crippen LogP contribution in [-0.2, 0) is 34.4 Å². The first-order valence-corrected chi connectivity index (χ1v) is 12.8.